The minimum Gasteiger partial charge on any atom is -0.413 e. The van der Waals surface area contributed by atoms with Crippen LogP contribution in [-0.4, -0.2) is 38.2 Å². The molecule has 0 fully saturated rings. The molecule has 0 aromatic rings. The second kappa shape index (κ2) is 7.11. The third-order valence-corrected chi connectivity index (χ3v) is 8.20. The maximum absolute atomic E-state index is 10.5. The number of allylic oxidation sites excluding steroid dienone is 1. The summed E-state index contributed by atoms with van der Waals surface area (Å²) in [7, 11) is -1.92. The number of amidine groups is 1. The average Bonchev–Trinajstić information content (AvgIpc) is 2.25. The van der Waals surface area contributed by atoms with E-state index in [2.05, 4.69) is 66.5 Å². The molecule has 0 rings (SSSR count). The maximum atomic E-state index is 10.5. The monoisotopic (exact) mass is 362 g/mol. The summed E-state index contributed by atoms with van der Waals surface area (Å²) in [6.07, 6.45) is 1.59. The van der Waals surface area contributed by atoms with Gasteiger partial charge < -0.3 is 9.53 Å². The Bertz CT molecular complexity index is 406. The van der Waals surface area contributed by atoms with Crippen LogP contribution in [0.1, 0.15) is 34.6 Å². The van der Waals surface area contributed by atoms with E-state index in [1.165, 1.54) is 0 Å². The first-order chi connectivity index (χ1) is 8.83. The third kappa shape index (κ3) is 5.99. The molecule has 0 saturated carbocycles. The lowest BCUT2D eigenvalue weighted by Crippen LogP contribution is -2.47. The fourth-order valence-corrected chi connectivity index (χ4v) is 2.28. The van der Waals surface area contributed by atoms with E-state index in [0.717, 1.165) is 4.48 Å². The van der Waals surface area contributed by atoms with Crippen molar-refractivity contribution in [3.05, 3.63) is 10.7 Å². The minimum absolute atomic E-state index is 0.0916. The van der Waals surface area contributed by atoms with Crippen molar-refractivity contribution in [2.75, 3.05) is 6.61 Å². The van der Waals surface area contributed by atoms with E-state index >= 15 is 0 Å². The van der Waals surface area contributed by atoms with Gasteiger partial charge in [-0.15, -0.1) is 0 Å². The van der Waals surface area contributed by atoms with Crippen molar-refractivity contribution in [1.29, 1.82) is 0 Å². The van der Waals surface area contributed by atoms with Crippen molar-refractivity contribution in [2.45, 2.75) is 58.4 Å². The summed E-state index contributed by atoms with van der Waals surface area (Å²) in [5, 5.41) is 10.6. The molecule has 0 aliphatic rings. The number of aliphatic hydroxyl groups is 1. The lowest BCUT2D eigenvalue weighted by atomic mass is 10.1. The van der Waals surface area contributed by atoms with Gasteiger partial charge in [-0.05, 0) is 38.7 Å². The number of hydrogen-bond donors (Lipinski definition) is 1. The molecule has 0 aromatic carbocycles. The maximum Gasteiger partial charge on any atom is 0.192 e. The SMILES string of the molecule is C=N/C(=N\C=C(/C)Br)C(C)(O)CO[Si](C)(C)C(C)(C)C. The summed E-state index contributed by atoms with van der Waals surface area (Å²) in [5.74, 6) is 0.259. The van der Waals surface area contributed by atoms with Gasteiger partial charge in [0.25, 0.3) is 0 Å². The molecule has 1 unspecified atom stereocenters. The van der Waals surface area contributed by atoms with E-state index in [-0.39, 0.29) is 17.5 Å². The molecule has 4 nitrogen and oxygen atoms in total. The standard InChI is InChI=1S/C14H27BrN2O2Si/c1-11(15)9-17-12(16-6)14(5,18)10-19-20(7,8)13(2,3)4/h9,18H,6,10H2,1-5,7-8H3/b11-9+,17-12-. The average molecular weight is 363 g/mol. The van der Waals surface area contributed by atoms with E-state index in [4.69, 9.17) is 4.43 Å². The second-order valence-electron chi connectivity index (χ2n) is 6.65. The van der Waals surface area contributed by atoms with Gasteiger partial charge in [-0.3, -0.25) is 0 Å². The smallest absolute Gasteiger partial charge is 0.192 e. The fourth-order valence-electron chi connectivity index (χ4n) is 1.10. The number of halogens is 1. The summed E-state index contributed by atoms with van der Waals surface area (Å²) in [6, 6.07) is 0. The van der Waals surface area contributed by atoms with Gasteiger partial charge in [0.05, 0.1) is 6.61 Å². The van der Waals surface area contributed by atoms with E-state index in [1.54, 1.807) is 13.1 Å². The van der Waals surface area contributed by atoms with Crippen LogP contribution in [0.15, 0.2) is 20.7 Å². The van der Waals surface area contributed by atoms with Crippen LogP contribution < -0.4 is 0 Å². The highest BCUT2D eigenvalue weighted by molar-refractivity contribution is 9.11. The Morgan fingerprint density at radius 2 is 1.85 bits per heavy atom. The summed E-state index contributed by atoms with van der Waals surface area (Å²) in [5.41, 5.74) is -1.25. The van der Waals surface area contributed by atoms with Crippen molar-refractivity contribution in [3.63, 3.8) is 0 Å². The minimum atomic E-state index is -1.92. The van der Waals surface area contributed by atoms with E-state index in [0.29, 0.717) is 0 Å². The van der Waals surface area contributed by atoms with E-state index in [9.17, 15) is 5.11 Å². The fraction of sp³-hybridized carbons (Fsp3) is 0.714. The highest BCUT2D eigenvalue weighted by Crippen LogP contribution is 2.37. The van der Waals surface area contributed by atoms with Crippen molar-refractivity contribution in [3.8, 4) is 0 Å². The van der Waals surface area contributed by atoms with Gasteiger partial charge in [0.2, 0.25) is 0 Å². The van der Waals surface area contributed by atoms with Crippen LogP contribution in [0, 0.1) is 0 Å². The largest absolute Gasteiger partial charge is 0.413 e. The summed E-state index contributed by atoms with van der Waals surface area (Å²) in [4.78, 5) is 7.95. The second-order valence-corrected chi connectivity index (χ2v) is 12.7. The zero-order valence-electron chi connectivity index (χ0n) is 13.6. The Kier molecular flexibility index (Phi) is 7.00. The topological polar surface area (TPSA) is 54.2 Å². The highest BCUT2D eigenvalue weighted by atomic mass is 79.9. The number of hydrogen-bond acceptors (Lipinski definition) is 3. The number of aliphatic imine (C=N–C) groups is 2. The zero-order chi connectivity index (χ0) is 16.2. The van der Waals surface area contributed by atoms with Gasteiger partial charge in [0.1, 0.15) is 5.60 Å². The van der Waals surface area contributed by atoms with E-state index < -0.39 is 13.9 Å². The molecule has 0 saturated heterocycles. The van der Waals surface area contributed by atoms with Crippen molar-refractivity contribution in [1.82, 2.24) is 0 Å². The predicted molar refractivity (Wildman–Crippen MR) is 93.4 cm³/mol. The quantitative estimate of drug-likeness (QED) is 0.454. The van der Waals surface area contributed by atoms with Crippen LogP contribution in [0.5, 0.6) is 0 Å². The molecule has 0 aliphatic carbocycles. The Balaban J connectivity index is 5.03. The predicted octanol–water partition coefficient (Wildman–Crippen LogP) is 4.11. The summed E-state index contributed by atoms with van der Waals surface area (Å²) in [6.45, 7) is 17.9. The van der Waals surface area contributed by atoms with Gasteiger partial charge in [0.15, 0.2) is 14.2 Å². The number of nitrogens with zero attached hydrogens (tertiary/aromatic N) is 2. The van der Waals surface area contributed by atoms with Crippen molar-refractivity contribution in [2.24, 2.45) is 9.98 Å². The van der Waals surface area contributed by atoms with Crippen molar-refractivity contribution >= 4 is 36.8 Å². The molecule has 6 heteroatoms. The van der Waals surface area contributed by atoms with Crippen LogP contribution in [0.2, 0.25) is 18.1 Å². The van der Waals surface area contributed by atoms with Crippen LogP contribution in [0.25, 0.3) is 0 Å². The molecule has 0 radical (unpaired) electrons. The first kappa shape index (κ1) is 19.7. The van der Waals surface area contributed by atoms with E-state index in [1.807, 2.05) is 6.92 Å². The zero-order valence-corrected chi connectivity index (χ0v) is 16.2. The first-order valence-electron chi connectivity index (χ1n) is 6.57. The van der Waals surface area contributed by atoms with Crippen LogP contribution >= 0.6 is 15.9 Å². The Morgan fingerprint density at radius 1 is 1.35 bits per heavy atom. The van der Waals surface area contributed by atoms with Crippen LogP contribution in [0.3, 0.4) is 0 Å². The van der Waals surface area contributed by atoms with Crippen molar-refractivity contribution < 1.29 is 9.53 Å². The van der Waals surface area contributed by atoms with Crippen LogP contribution in [0.4, 0.5) is 0 Å². The molecule has 116 valence electrons. The van der Waals surface area contributed by atoms with Gasteiger partial charge in [0, 0.05) is 10.7 Å². The Hall–Kier alpha value is -0.303. The van der Waals surface area contributed by atoms with Gasteiger partial charge in [-0.1, -0.05) is 36.7 Å². The molecular formula is C14H27BrN2O2Si. The first-order valence-corrected chi connectivity index (χ1v) is 10.3. The highest BCUT2D eigenvalue weighted by Gasteiger charge is 2.40. The third-order valence-electron chi connectivity index (χ3n) is 3.52. The Morgan fingerprint density at radius 3 is 2.20 bits per heavy atom. The lowest BCUT2D eigenvalue weighted by molar-refractivity contribution is 0.0644. The summed E-state index contributed by atoms with van der Waals surface area (Å²) < 4.78 is 6.88. The molecule has 0 heterocycles. The lowest BCUT2D eigenvalue weighted by Gasteiger charge is -2.38. The van der Waals surface area contributed by atoms with Crippen LogP contribution in [-0.2, 0) is 4.43 Å². The molecular weight excluding hydrogens is 336 g/mol. The van der Waals surface area contributed by atoms with Gasteiger partial charge in [-0.25, -0.2) is 9.98 Å². The van der Waals surface area contributed by atoms with Gasteiger partial charge in [-0.2, -0.15) is 0 Å². The summed E-state index contributed by atoms with van der Waals surface area (Å²) >= 11 is 3.28. The molecule has 20 heavy (non-hydrogen) atoms. The molecule has 1 atom stereocenters. The molecule has 0 spiro atoms. The molecule has 0 bridgehead atoms. The Labute approximate surface area is 132 Å². The molecule has 0 amide bonds. The van der Waals surface area contributed by atoms with Gasteiger partial charge >= 0.3 is 0 Å². The normalized spacial score (nSPS) is 17.9. The number of rotatable bonds is 5. The molecule has 0 aliphatic heterocycles. The molecule has 0 aromatic heterocycles. The molecule has 1 N–H and O–H groups in total.